The molecule has 5 nitrogen and oxygen atoms in total. The molecule has 0 radical (unpaired) electrons. The molecule has 1 aromatic rings. The molecule has 0 bridgehead atoms. The van der Waals surface area contributed by atoms with E-state index < -0.39 is 6.61 Å². The number of nitrogens with one attached hydrogen (secondary N) is 2. The topological polar surface area (TPSA) is 63.2 Å². The van der Waals surface area contributed by atoms with Crippen LogP contribution in [0.3, 0.4) is 0 Å². The molecular formula is C13H15F2N3O2. The minimum Gasteiger partial charge on any atom is -0.417 e. The third kappa shape index (κ3) is 2.97. The van der Waals surface area contributed by atoms with Crippen LogP contribution in [0.5, 0.6) is 5.88 Å². The lowest BCUT2D eigenvalue weighted by molar-refractivity contribution is -0.0529. The van der Waals surface area contributed by atoms with Crippen molar-refractivity contribution < 1.29 is 18.3 Å². The number of hydrogen-bond acceptors (Lipinski definition) is 3. The summed E-state index contributed by atoms with van der Waals surface area (Å²) in [6, 6.07) is 3.09. The van der Waals surface area contributed by atoms with Gasteiger partial charge in [0.2, 0.25) is 5.88 Å². The number of nitrogens with zero attached hydrogens (tertiary/aromatic N) is 1. The Labute approximate surface area is 114 Å². The quantitative estimate of drug-likeness (QED) is 0.867. The molecule has 3 atom stereocenters. The number of pyridine rings is 1. The number of halogens is 2. The third-order valence-electron chi connectivity index (χ3n) is 3.83. The van der Waals surface area contributed by atoms with Gasteiger partial charge in [0.05, 0.1) is 0 Å². The highest BCUT2D eigenvalue weighted by Gasteiger charge is 2.53. The second-order valence-corrected chi connectivity index (χ2v) is 5.21. The number of alkyl halides is 2. The first-order chi connectivity index (χ1) is 9.61. The summed E-state index contributed by atoms with van der Waals surface area (Å²) >= 11 is 0. The maximum Gasteiger partial charge on any atom is 0.388 e. The van der Waals surface area contributed by atoms with Crippen molar-refractivity contribution >= 4 is 6.03 Å². The van der Waals surface area contributed by atoms with E-state index >= 15 is 0 Å². The number of carbonyl (C=O) groups excluding carboxylic acids is 1. The molecule has 2 amide bonds. The Morgan fingerprint density at radius 1 is 1.50 bits per heavy atom. The molecule has 3 unspecified atom stereocenters. The number of amides is 2. The predicted octanol–water partition coefficient (Wildman–Crippen LogP) is 1.89. The minimum absolute atomic E-state index is 0.153. The number of urea groups is 1. The van der Waals surface area contributed by atoms with Crippen molar-refractivity contribution in [3.8, 4) is 5.88 Å². The Morgan fingerprint density at radius 2 is 2.35 bits per heavy atom. The second kappa shape index (κ2) is 5.22. The zero-order chi connectivity index (χ0) is 14.1. The molecule has 2 aliphatic rings. The van der Waals surface area contributed by atoms with Gasteiger partial charge in [-0.2, -0.15) is 8.78 Å². The van der Waals surface area contributed by atoms with Gasteiger partial charge in [-0.1, -0.05) is 0 Å². The molecule has 20 heavy (non-hydrogen) atoms. The summed E-state index contributed by atoms with van der Waals surface area (Å²) in [4.78, 5) is 15.3. The van der Waals surface area contributed by atoms with Gasteiger partial charge in [-0.05, 0) is 36.3 Å². The van der Waals surface area contributed by atoms with Gasteiger partial charge in [0.25, 0.3) is 0 Å². The summed E-state index contributed by atoms with van der Waals surface area (Å²) in [5.41, 5.74) is 0.656. The standard InChI is InChI=1S/C13H15F2N3O2/c14-12(15)20-11-3-7(1-2-16-11)6-17-13(19)18-10-5-8-4-9(8)10/h1-3,8-10,12H,4-6H2,(H2,17,18,19). The van der Waals surface area contributed by atoms with E-state index in [4.69, 9.17) is 0 Å². The number of hydrogen-bond donors (Lipinski definition) is 2. The molecule has 1 heterocycles. The third-order valence-corrected chi connectivity index (χ3v) is 3.83. The summed E-state index contributed by atoms with van der Waals surface area (Å²) in [6.45, 7) is -2.66. The first-order valence-electron chi connectivity index (χ1n) is 6.56. The number of aromatic nitrogens is 1. The summed E-state index contributed by atoms with van der Waals surface area (Å²) in [7, 11) is 0. The van der Waals surface area contributed by atoms with Crippen LogP contribution in [-0.2, 0) is 6.54 Å². The number of rotatable bonds is 5. The molecule has 0 aliphatic heterocycles. The van der Waals surface area contributed by atoms with Gasteiger partial charge in [-0.15, -0.1) is 0 Å². The fourth-order valence-electron chi connectivity index (χ4n) is 2.62. The summed E-state index contributed by atoms with van der Waals surface area (Å²) in [6.07, 6.45) is 3.66. The fraction of sp³-hybridized carbons (Fsp3) is 0.538. The highest BCUT2D eigenvalue weighted by atomic mass is 19.3. The lowest BCUT2D eigenvalue weighted by Crippen LogP contribution is -2.46. The Kier molecular flexibility index (Phi) is 3.42. The summed E-state index contributed by atoms with van der Waals surface area (Å²) in [5.74, 6) is 1.35. The average Bonchev–Trinajstić information content (AvgIpc) is 3.04. The zero-order valence-corrected chi connectivity index (χ0v) is 10.7. The van der Waals surface area contributed by atoms with Crippen molar-refractivity contribution in [3.63, 3.8) is 0 Å². The van der Waals surface area contributed by atoms with E-state index in [1.54, 1.807) is 6.07 Å². The molecule has 2 saturated carbocycles. The Hall–Kier alpha value is -1.92. The monoisotopic (exact) mass is 283 g/mol. The van der Waals surface area contributed by atoms with Crippen LogP contribution in [-0.4, -0.2) is 23.7 Å². The van der Waals surface area contributed by atoms with E-state index in [2.05, 4.69) is 20.4 Å². The first kappa shape index (κ1) is 13.1. The molecule has 2 aliphatic carbocycles. The molecule has 108 valence electrons. The van der Waals surface area contributed by atoms with Crippen molar-refractivity contribution in [3.05, 3.63) is 23.9 Å². The van der Waals surface area contributed by atoms with Crippen LogP contribution < -0.4 is 15.4 Å². The van der Waals surface area contributed by atoms with Crippen LogP contribution in [0.15, 0.2) is 18.3 Å². The zero-order valence-electron chi connectivity index (χ0n) is 10.7. The van der Waals surface area contributed by atoms with E-state index in [9.17, 15) is 13.6 Å². The molecule has 1 aromatic heterocycles. The fourth-order valence-corrected chi connectivity index (χ4v) is 2.62. The number of fused-ring (bicyclic) bond motifs is 1. The van der Waals surface area contributed by atoms with Crippen molar-refractivity contribution in [2.45, 2.75) is 32.0 Å². The summed E-state index contributed by atoms with van der Waals surface area (Å²) < 4.78 is 28.3. The van der Waals surface area contributed by atoms with Gasteiger partial charge in [0.15, 0.2) is 0 Å². The van der Waals surface area contributed by atoms with Gasteiger partial charge < -0.3 is 15.4 Å². The van der Waals surface area contributed by atoms with Crippen LogP contribution in [0.25, 0.3) is 0 Å². The maximum absolute atomic E-state index is 12.1. The van der Waals surface area contributed by atoms with Crippen molar-refractivity contribution in [2.75, 3.05) is 0 Å². The normalized spacial score (nSPS) is 26.4. The van der Waals surface area contributed by atoms with Crippen LogP contribution in [0.2, 0.25) is 0 Å². The van der Waals surface area contributed by atoms with E-state index in [1.165, 1.54) is 18.7 Å². The largest absolute Gasteiger partial charge is 0.417 e. The van der Waals surface area contributed by atoms with Crippen LogP contribution in [0, 0.1) is 11.8 Å². The van der Waals surface area contributed by atoms with Crippen LogP contribution >= 0.6 is 0 Å². The van der Waals surface area contributed by atoms with Gasteiger partial charge in [-0.3, -0.25) is 0 Å². The van der Waals surface area contributed by atoms with Crippen molar-refractivity contribution in [1.82, 2.24) is 15.6 Å². The Balaban J connectivity index is 1.46. The molecule has 0 saturated heterocycles. The molecule has 2 N–H and O–H groups in total. The predicted molar refractivity (Wildman–Crippen MR) is 66.2 cm³/mol. The highest BCUT2D eigenvalue weighted by molar-refractivity contribution is 5.74. The second-order valence-electron chi connectivity index (χ2n) is 5.21. The summed E-state index contributed by atoms with van der Waals surface area (Å²) in [5, 5.41) is 5.60. The first-order valence-corrected chi connectivity index (χ1v) is 6.56. The van der Waals surface area contributed by atoms with Gasteiger partial charge in [0.1, 0.15) is 0 Å². The smallest absolute Gasteiger partial charge is 0.388 e. The van der Waals surface area contributed by atoms with Crippen LogP contribution in [0.1, 0.15) is 18.4 Å². The molecule has 0 aromatic carbocycles. The van der Waals surface area contributed by atoms with Gasteiger partial charge in [0, 0.05) is 24.8 Å². The van der Waals surface area contributed by atoms with Gasteiger partial charge in [-0.25, -0.2) is 9.78 Å². The molecule has 0 spiro atoms. The average molecular weight is 283 g/mol. The Bertz CT molecular complexity index is 512. The van der Waals surface area contributed by atoms with Crippen molar-refractivity contribution in [1.29, 1.82) is 0 Å². The van der Waals surface area contributed by atoms with E-state index in [-0.39, 0.29) is 18.5 Å². The SMILES string of the molecule is O=C(NCc1ccnc(OC(F)F)c1)NC1CC2CC21. The lowest BCUT2D eigenvalue weighted by Gasteiger charge is -2.25. The number of carbonyl (C=O) groups is 1. The highest BCUT2D eigenvalue weighted by Crippen LogP contribution is 2.55. The number of ether oxygens (including phenoxy) is 1. The lowest BCUT2D eigenvalue weighted by atomic mass is 9.93. The van der Waals surface area contributed by atoms with Crippen molar-refractivity contribution in [2.24, 2.45) is 11.8 Å². The molecular weight excluding hydrogens is 268 g/mol. The van der Waals surface area contributed by atoms with Gasteiger partial charge >= 0.3 is 12.6 Å². The van der Waals surface area contributed by atoms with E-state index in [0.717, 1.165) is 12.3 Å². The molecule has 7 heteroatoms. The van der Waals surface area contributed by atoms with E-state index in [1.807, 2.05) is 0 Å². The van der Waals surface area contributed by atoms with Crippen LogP contribution in [0.4, 0.5) is 13.6 Å². The molecule has 2 fully saturated rings. The Morgan fingerprint density at radius 3 is 3.00 bits per heavy atom. The maximum atomic E-state index is 12.1. The van der Waals surface area contributed by atoms with E-state index in [0.29, 0.717) is 17.5 Å². The minimum atomic E-state index is -2.90. The molecule has 3 rings (SSSR count).